The molecule has 0 atom stereocenters. The largest absolute Gasteiger partial charge is 0.462 e. The van der Waals surface area contributed by atoms with E-state index in [2.05, 4.69) is 114 Å². The fraction of sp³-hybridized carbons (Fsp3) is 0.876. The minimum absolute atomic E-state index is 0. The first kappa shape index (κ1) is 103. The Balaban J connectivity index is -0.000000549. The maximum Gasteiger partial charge on any atom is 0.306 e. The Morgan fingerprint density at radius 1 is 0.271 bits per heavy atom. The molecular formula is C89H175N2O4Pd-. The van der Waals surface area contributed by atoms with E-state index in [1.165, 1.54) is 347 Å². The number of nitrogens with zero attached hydrogens (tertiary/aromatic N) is 2. The van der Waals surface area contributed by atoms with E-state index in [0.29, 0.717) is 12.8 Å². The number of allylic oxidation sites excluding steroid dienone is 8. The Morgan fingerprint density at radius 3 is 0.656 bits per heavy atom. The molecule has 0 amide bonds. The minimum Gasteiger partial charge on any atom is -0.462 e. The molecule has 6 nitrogen and oxygen atoms in total. The predicted octanol–water partition coefficient (Wildman–Crippen LogP) is 29.7. The van der Waals surface area contributed by atoms with Crippen LogP contribution in [0, 0.1) is 7.43 Å². The number of hydrogen-bond acceptors (Lipinski definition) is 6. The number of unbranched alkanes of at least 4 members (excludes halogenated alkanes) is 48. The van der Waals surface area contributed by atoms with Gasteiger partial charge < -0.3 is 26.7 Å². The maximum absolute atomic E-state index is 12.5. The normalized spacial score (nSPS) is 11.6. The molecule has 0 aromatic rings. The molecule has 0 aliphatic heterocycles. The van der Waals surface area contributed by atoms with Crippen LogP contribution in [0.1, 0.15) is 452 Å². The molecule has 0 aromatic heterocycles. The van der Waals surface area contributed by atoms with Crippen molar-refractivity contribution in [1.82, 2.24) is 9.80 Å². The van der Waals surface area contributed by atoms with Gasteiger partial charge in [0.25, 0.3) is 0 Å². The van der Waals surface area contributed by atoms with Crippen molar-refractivity contribution in [3.63, 3.8) is 0 Å². The third-order valence-electron chi connectivity index (χ3n) is 18.8. The quantitative estimate of drug-likeness (QED) is 0.0199. The van der Waals surface area contributed by atoms with Gasteiger partial charge in [-0.2, -0.15) is 0 Å². The van der Waals surface area contributed by atoms with Gasteiger partial charge in [-0.25, -0.2) is 0 Å². The summed E-state index contributed by atoms with van der Waals surface area (Å²) in [6.45, 7) is 15.0. The molecule has 0 fully saturated rings. The van der Waals surface area contributed by atoms with E-state index in [1.54, 1.807) is 0 Å². The van der Waals surface area contributed by atoms with E-state index in [1.807, 2.05) is 13.8 Å². The van der Waals surface area contributed by atoms with Crippen LogP contribution in [-0.2, 0) is 39.5 Å². The van der Waals surface area contributed by atoms with E-state index in [9.17, 15) is 9.59 Å². The third kappa shape index (κ3) is 94.5. The van der Waals surface area contributed by atoms with Gasteiger partial charge in [0.1, 0.15) is 12.2 Å². The fourth-order valence-electron chi connectivity index (χ4n) is 12.7. The molecule has 96 heavy (non-hydrogen) atoms. The average molecular weight is 1440 g/mol. The predicted molar refractivity (Wildman–Crippen MR) is 429 cm³/mol. The molecule has 0 aromatic carbocycles. The summed E-state index contributed by atoms with van der Waals surface area (Å²) in [5, 5.41) is 0. The van der Waals surface area contributed by atoms with Crippen LogP contribution >= 0.6 is 0 Å². The molecule has 0 N–H and O–H groups in total. The van der Waals surface area contributed by atoms with Crippen molar-refractivity contribution < 1.29 is 39.5 Å². The number of hydrogen-bond donors (Lipinski definition) is 0. The van der Waals surface area contributed by atoms with E-state index < -0.39 is 0 Å². The molecule has 0 bridgehead atoms. The molecule has 0 saturated carbocycles. The van der Waals surface area contributed by atoms with Crippen molar-refractivity contribution in [3.05, 3.63) is 56.0 Å². The van der Waals surface area contributed by atoms with E-state index >= 15 is 0 Å². The van der Waals surface area contributed by atoms with Crippen molar-refractivity contribution in [2.45, 2.75) is 465 Å². The number of ether oxygens (including phenoxy) is 2. The second-order valence-electron chi connectivity index (χ2n) is 29.0. The van der Waals surface area contributed by atoms with Gasteiger partial charge >= 0.3 is 11.9 Å². The van der Waals surface area contributed by atoms with Crippen LogP contribution in [0.15, 0.2) is 48.6 Å². The van der Waals surface area contributed by atoms with E-state index in [-0.39, 0.29) is 52.0 Å². The molecule has 0 spiro atoms. The molecule has 7 heteroatoms. The molecule has 0 unspecified atom stereocenters. The molecule has 0 radical (unpaired) electrons. The zero-order valence-electron chi connectivity index (χ0n) is 67.3. The van der Waals surface area contributed by atoms with Crippen molar-refractivity contribution in [2.75, 3.05) is 41.3 Å². The Hall–Kier alpha value is -1.52. The molecule has 0 aliphatic carbocycles. The Kier molecular flexibility index (Phi) is 100. The SMILES string of the molecule is CC.CCCCC/C=C\C/C=C\CCCCCCCCC(CCCCCCCC/C=C\C/C=C\CCCCC)OC(=O)CCCN(C)C.CCCCCCCCCCCCCCCCCCC(CCCCCCCCCCCCCCCCCC)OC(=O)CCCN(C)C.[CH3-].[Pd]. The van der Waals surface area contributed by atoms with Crippen LogP contribution in [0.25, 0.3) is 0 Å². The first-order valence-corrected chi connectivity index (χ1v) is 42.5. The summed E-state index contributed by atoms with van der Waals surface area (Å²) in [7, 11) is 8.27. The first-order valence-electron chi connectivity index (χ1n) is 42.5. The molecular weight excluding hydrogens is 1270 g/mol. The number of rotatable bonds is 74. The molecule has 0 saturated heterocycles. The van der Waals surface area contributed by atoms with E-state index in [0.717, 1.165) is 64.5 Å². The summed E-state index contributed by atoms with van der Waals surface area (Å²) in [6, 6.07) is 0. The maximum atomic E-state index is 12.5. The van der Waals surface area contributed by atoms with Crippen LogP contribution in [0.3, 0.4) is 0 Å². The van der Waals surface area contributed by atoms with Gasteiger partial charge in [-0.3, -0.25) is 9.59 Å². The Labute approximate surface area is 619 Å². The van der Waals surface area contributed by atoms with Gasteiger partial charge in [0.15, 0.2) is 0 Å². The van der Waals surface area contributed by atoms with Gasteiger partial charge in [-0.1, -0.05) is 360 Å². The minimum atomic E-state index is 0. The third-order valence-corrected chi connectivity index (χ3v) is 18.8. The van der Waals surface area contributed by atoms with Crippen molar-refractivity contribution >= 4 is 11.9 Å². The zero-order valence-corrected chi connectivity index (χ0v) is 68.8. The van der Waals surface area contributed by atoms with Crippen molar-refractivity contribution in [2.24, 2.45) is 0 Å². The van der Waals surface area contributed by atoms with Crippen LogP contribution < -0.4 is 0 Å². The van der Waals surface area contributed by atoms with Gasteiger partial charge in [0.2, 0.25) is 0 Å². The second-order valence-corrected chi connectivity index (χ2v) is 29.0. The smallest absolute Gasteiger partial charge is 0.306 e. The number of carbonyl (C=O) groups is 2. The topological polar surface area (TPSA) is 59.1 Å². The van der Waals surface area contributed by atoms with Gasteiger partial charge in [0, 0.05) is 33.3 Å². The van der Waals surface area contributed by atoms with Crippen LogP contribution in [-0.4, -0.2) is 75.2 Å². The summed E-state index contributed by atoms with van der Waals surface area (Å²) in [6.07, 6.45) is 101. The standard InChI is InChI=1S/C43H87NO2.C43H79NO2.C2H6.CH3.Pd/c2*1-5-7-9-11-13-15-17-19-21-23-25-27-29-31-33-35-38-42(46-43(45)40-37-41-44(3)4)39-36-34-32-30-28-26-24-22-20-18-16-14-12-10-8-6-2;1-2;;/h42H,5-41H2,1-4H3;13-16,19-22,42H,5-12,17-18,23-41H2,1-4H3;1-2H3;1H3;/q;;;-1;/b;15-13-,16-14-,21-19-,22-20-;;;. The summed E-state index contributed by atoms with van der Waals surface area (Å²) in [5.74, 6) is 0.0340. The van der Waals surface area contributed by atoms with Gasteiger partial charge in [-0.05, 0) is 170 Å². The van der Waals surface area contributed by atoms with Crippen LogP contribution in [0.5, 0.6) is 0 Å². The number of carbonyl (C=O) groups excluding carboxylic acids is 2. The van der Waals surface area contributed by atoms with Crippen molar-refractivity contribution in [3.8, 4) is 0 Å². The van der Waals surface area contributed by atoms with E-state index in [4.69, 9.17) is 9.47 Å². The molecule has 0 heterocycles. The monoisotopic (exact) mass is 1440 g/mol. The Morgan fingerprint density at radius 2 is 0.448 bits per heavy atom. The van der Waals surface area contributed by atoms with Crippen LogP contribution in [0.2, 0.25) is 0 Å². The summed E-state index contributed by atoms with van der Waals surface area (Å²) < 4.78 is 12.0. The summed E-state index contributed by atoms with van der Waals surface area (Å²) in [5.41, 5.74) is 0. The van der Waals surface area contributed by atoms with Gasteiger partial charge in [-0.15, -0.1) is 0 Å². The van der Waals surface area contributed by atoms with Crippen molar-refractivity contribution in [1.29, 1.82) is 0 Å². The Bertz CT molecular complexity index is 1460. The fourth-order valence-corrected chi connectivity index (χ4v) is 12.7. The molecule has 0 rings (SSSR count). The van der Waals surface area contributed by atoms with Crippen LogP contribution in [0.4, 0.5) is 0 Å². The second kappa shape index (κ2) is 93.5. The van der Waals surface area contributed by atoms with Gasteiger partial charge in [0.05, 0.1) is 0 Å². The average Bonchev–Trinajstić information content (AvgIpc) is 2.77. The summed E-state index contributed by atoms with van der Waals surface area (Å²) >= 11 is 0. The summed E-state index contributed by atoms with van der Waals surface area (Å²) in [4.78, 5) is 29.3. The zero-order chi connectivity index (χ0) is 69.2. The molecule has 0 aliphatic rings. The first-order chi connectivity index (χ1) is 46.2. The molecule has 576 valence electrons. The number of esters is 2.